The zero-order chi connectivity index (χ0) is 9.05. The first kappa shape index (κ1) is 7.81. The molecule has 1 nitrogen and oxygen atoms in total. The smallest absolute Gasteiger partial charge is 0.0936 e. The Kier molecular flexibility index (Phi) is 1.36. The Bertz CT molecular complexity index is 291. The van der Waals surface area contributed by atoms with Gasteiger partial charge in [-0.25, -0.2) is 0 Å². The van der Waals surface area contributed by atoms with Gasteiger partial charge in [0, 0.05) is 11.8 Å². The van der Waals surface area contributed by atoms with E-state index in [9.17, 15) is 0 Å². The minimum atomic E-state index is 0.0776. The van der Waals surface area contributed by atoms with Gasteiger partial charge in [0.05, 0.1) is 11.7 Å². The third kappa shape index (κ3) is 0.812. The second-order valence-electron chi connectivity index (χ2n) is 4.70. The predicted octanol–water partition coefficient (Wildman–Crippen LogP) is 2.69. The highest BCUT2D eigenvalue weighted by molar-refractivity contribution is 5.31. The number of hydrogen-bond acceptors (Lipinski definition) is 1. The molecule has 0 aromatic heterocycles. The summed E-state index contributed by atoms with van der Waals surface area (Å²) in [5, 5.41) is 0. The van der Waals surface area contributed by atoms with Crippen molar-refractivity contribution in [3.05, 3.63) is 24.3 Å². The van der Waals surface area contributed by atoms with Crippen LogP contribution < -0.4 is 0 Å². The van der Waals surface area contributed by atoms with Gasteiger partial charge in [0.2, 0.25) is 0 Å². The molecule has 0 N–H and O–H groups in total. The van der Waals surface area contributed by atoms with Gasteiger partial charge in [0.25, 0.3) is 0 Å². The van der Waals surface area contributed by atoms with Gasteiger partial charge in [-0.1, -0.05) is 31.2 Å². The summed E-state index contributed by atoms with van der Waals surface area (Å²) in [6, 6.07) is 0. The predicted molar refractivity (Wildman–Crippen MR) is 52.4 cm³/mol. The summed E-state index contributed by atoms with van der Waals surface area (Å²) in [6.07, 6.45) is 8.66. The van der Waals surface area contributed by atoms with Crippen LogP contribution in [-0.4, -0.2) is 11.7 Å². The standard InChI is InChI=1S/C12H16O/c1-8-9(2)11-5-7-12(13-11)6-3-4-10(8)12/h5,7,9-11H,1,3-4,6H2,2H3. The molecule has 3 rings (SSSR count). The van der Waals surface area contributed by atoms with Crippen LogP contribution in [0.1, 0.15) is 26.2 Å². The van der Waals surface area contributed by atoms with Crippen molar-refractivity contribution in [3.8, 4) is 0 Å². The Hall–Kier alpha value is -0.560. The Balaban J connectivity index is 2.06. The highest BCUT2D eigenvalue weighted by atomic mass is 16.5. The number of fused-ring (bicyclic) bond motifs is 1. The lowest BCUT2D eigenvalue weighted by Gasteiger charge is -2.41. The van der Waals surface area contributed by atoms with Gasteiger partial charge in [-0.05, 0) is 19.3 Å². The van der Waals surface area contributed by atoms with Crippen LogP contribution in [-0.2, 0) is 4.74 Å². The third-order valence-electron chi connectivity index (χ3n) is 4.10. The van der Waals surface area contributed by atoms with E-state index in [-0.39, 0.29) is 5.60 Å². The molecule has 0 amide bonds. The first-order valence-corrected chi connectivity index (χ1v) is 5.29. The van der Waals surface area contributed by atoms with Crippen molar-refractivity contribution in [2.24, 2.45) is 11.8 Å². The second-order valence-corrected chi connectivity index (χ2v) is 4.70. The monoisotopic (exact) mass is 176 g/mol. The lowest BCUT2D eigenvalue weighted by molar-refractivity contribution is -0.0808. The van der Waals surface area contributed by atoms with Crippen molar-refractivity contribution < 1.29 is 4.74 Å². The molecule has 70 valence electrons. The van der Waals surface area contributed by atoms with E-state index in [2.05, 4.69) is 25.7 Å². The number of ether oxygens (including phenoxy) is 1. The molecule has 2 bridgehead atoms. The molecule has 0 aromatic carbocycles. The van der Waals surface area contributed by atoms with Crippen LogP contribution in [0.25, 0.3) is 0 Å². The van der Waals surface area contributed by atoms with Crippen LogP contribution in [0.3, 0.4) is 0 Å². The van der Waals surface area contributed by atoms with Crippen molar-refractivity contribution in [1.29, 1.82) is 0 Å². The number of rotatable bonds is 0. The van der Waals surface area contributed by atoms with Crippen molar-refractivity contribution in [2.45, 2.75) is 37.9 Å². The van der Waals surface area contributed by atoms with Crippen molar-refractivity contribution in [3.63, 3.8) is 0 Å². The molecule has 4 atom stereocenters. The van der Waals surface area contributed by atoms with Gasteiger partial charge in [0.15, 0.2) is 0 Å². The van der Waals surface area contributed by atoms with E-state index in [0.29, 0.717) is 17.9 Å². The Morgan fingerprint density at radius 2 is 2.46 bits per heavy atom. The maximum Gasteiger partial charge on any atom is 0.0936 e. The summed E-state index contributed by atoms with van der Waals surface area (Å²) in [5.74, 6) is 1.13. The largest absolute Gasteiger partial charge is 0.362 e. The van der Waals surface area contributed by atoms with Crippen LogP contribution in [0.15, 0.2) is 24.3 Å². The fraction of sp³-hybridized carbons (Fsp3) is 0.667. The maximum absolute atomic E-state index is 6.12. The molecule has 2 fully saturated rings. The normalized spacial score (nSPS) is 52.7. The van der Waals surface area contributed by atoms with E-state index in [0.717, 1.165) is 0 Å². The topological polar surface area (TPSA) is 9.23 Å². The first-order chi connectivity index (χ1) is 6.23. The highest BCUT2D eigenvalue weighted by Crippen LogP contribution is 2.53. The molecule has 0 aromatic rings. The summed E-state index contributed by atoms with van der Waals surface area (Å²) < 4.78 is 6.12. The van der Waals surface area contributed by atoms with Gasteiger partial charge in [0.1, 0.15) is 0 Å². The minimum Gasteiger partial charge on any atom is -0.362 e. The van der Waals surface area contributed by atoms with E-state index in [1.165, 1.54) is 24.8 Å². The zero-order valence-corrected chi connectivity index (χ0v) is 8.12. The van der Waals surface area contributed by atoms with E-state index >= 15 is 0 Å². The van der Waals surface area contributed by atoms with Gasteiger partial charge in [-0.2, -0.15) is 0 Å². The highest BCUT2D eigenvalue weighted by Gasteiger charge is 2.53. The SMILES string of the molecule is C=C1C(C)C2C=CC3(CCCC13)O2. The van der Waals surface area contributed by atoms with E-state index in [4.69, 9.17) is 4.74 Å². The average molecular weight is 176 g/mol. The second kappa shape index (κ2) is 2.27. The average Bonchev–Trinajstić information content (AvgIpc) is 2.70. The van der Waals surface area contributed by atoms with Gasteiger partial charge in [-0.15, -0.1) is 0 Å². The quantitative estimate of drug-likeness (QED) is 0.516. The molecule has 4 unspecified atom stereocenters. The van der Waals surface area contributed by atoms with Crippen molar-refractivity contribution in [1.82, 2.24) is 0 Å². The Morgan fingerprint density at radius 3 is 3.31 bits per heavy atom. The molecule has 3 aliphatic rings. The molecule has 1 spiro atoms. The summed E-state index contributed by atoms with van der Waals surface area (Å²) in [5.41, 5.74) is 1.51. The molecule has 1 saturated carbocycles. The van der Waals surface area contributed by atoms with E-state index in [1.807, 2.05) is 0 Å². The lowest BCUT2D eigenvalue weighted by atomic mass is 9.78. The van der Waals surface area contributed by atoms with Crippen molar-refractivity contribution >= 4 is 0 Å². The van der Waals surface area contributed by atoms with E-state index < -0.39 is 0 Å². The van der Waals surface area contributed by atoms with Gasteiger partial charge >= 0.3 is 0 Å². The molecular formula is C12H16O. The van der Waals surface area contributed by atoms with Crippen molar-refractivity contribution in [2.75, 3.05) is 0 Å². The summed E-state index contributed by atoms with van der Waals surface area (Å²) in [7, 11) is 0. The van der Waals surface area contributed by atoms with Crippen LogP contribution in [0.5, 0.6) is 0 Å². The molecule has 2 aliphatic heterocycles. The summed E-state index contributed by atoms with van der Waals surface area (Å²) in [6.45, 7) is 6.49. The lowest BCUT2D eigenvalue weighted by Crippen LogP contribution is -2.42. The zero-order valence-electron chi connectivity index (χ0n) is 8.12. The van der Waals surface area contributed by atoms with Crippen LogP contribution in [0, 0.1) is 11.8 Å². The fourth-order valence-corrected chi connectivity index (χ4v) is 3.23. The Labute approximate surface area is 79.5 Å². The molecule has 0 radical (unpaired) electrons. The Morgan fingerprint density at radius 1 is 1.62 bits per heavy atom. The molecule has 1 aliphatic carbocycles. The van der Waals surface area contributed by atoms with E-state index in [1.54, 1.807) is 0 Å². The molecular weight excluding hydrogens is 160 g/mol. The van der Waals surface area contributed by atoms with Crippen LogP contribution in [0.4, 0.5) is 0 Å². The minimum absolute atomic E-state index is 0.0776. The molecule has 13 heavy (non-hydrogen) atoms. The molecule has 1 heteroatoms. The number of hydrogen-bond donors (Lipinski definition) is 0. The van der Waals surface area contributed by atoms with Gasteiger partial charge < -0.3 is 4.74 Å². The maximum atomic E-state index is 6.12. The van der Waals surface area contributed by atoms with Crippen LogP contribution >= 0.6 is 0 Å². The van der Waals surface area contributed by atoms with Crippen LogP contribution in [0.2, 0.25) is 0 Å². The van der Waals surface area contributed by atoms with Gasteiger partial charge in [-0.3, -0.25) is 0 Å². The first-order valence-electron chi connectivity index (χ1n) is 5.29. The summed E-state index contributed by atoms with van der Waals surface area (Å²) in [4.78, 5) is 0. The fourth-order valence-electron chi connectivity index (χ4n) is 3.23. The summed E-state index contributed by atoms with van der Waals surface area (Å²) >= 11 is 0. The molecule has 2 heterocycles. The molecule has 1 saturated heterocycles. The third-order valence-corrected chi connectivity index (χ3v) is 4.10.